The number of nitrogens with zero attached hydrogens (tertiary/aromatic N) is 2. The Kier molecular flexibility index (Phi) is 4.62. The molecular weight excluding hydrogens is 224 g/mol. The minimum atomic E-state index is -0.0363. The molecule has 18 heavy (non-hydrogen) atoms. The zero-order valence-corrected chi connectivity index (χ0v) is 11.7. The average Bonchev–Trinajstić information content (AvgIpc) is 2.85. The highest BCUT2D eigenvalue weighted by molar-refractivity contribution is 5.83. The Morgan fingerprint density at radius 2 is 1.56 bits per heavy atom. The second-order valence-electron chi connectivity index (χ2n) is 6.22. The zero-order valence-electron chi connectivity index (χ0n) is 11.7. The van der Waals surface area contributed by atoms with Crippen LogP contribution in [0.3, 0.4) is 0 Å². The number of hydrogen-bond donors (Lipinski definition) is 2. The standard InChI is InChI=1S/C14H28N4/c1-14(13(15)16)5-11-18(12-6-14)10-4-9-17-7-2-3-8-17/h2-12H2,1H3,(H3,15,16). The number of rotatable bonds is 5. The Bertz CT molecular complexity index is 276. The van der Waals surface area contributed by atoms with E-state index in [1.165, 1.54) is 45.4 Å². The molecular formula is C14H28N4. The molecule has 104 valence electrons. The van der Waals surface area contributed by atoms with E-state index in [1.54, 1.807) is 0 Å². The molecule has 2 rings (SSSR count). The maximum Gasteiger partial charge on any atom is 0.0966 e. The first-order chi connectivity index (χ1) is 8.60. The van der Waals surface area contributed by atoms with Crippen LogP contribution in [0.5, 0.6) is 0 Å². The molecule has 0 bridgehead atoms. The predicted molar refractivity (Wildman–Crippen MR) is 76.0 cm³/mol. The van der Waals surface area contributed by atoms with Crippen LogP contribution in [0.1, 0.15) is 39.0 Å². The molecule has 0 radical (unpaired) electrons. The number of likely N-dealkylation sites (tertiary alicyclic amines) is 2. The van der Waals surface area contributed by atoms with Gasteiger partial charge in [-0.05, 0) is 71.4 Å². The number of piperidine rings is 1. The Morgan fingerprint density at radius 1 is 1.06 bits per heavy atom. The third-order valence-corrected chi connectivity index (χ3v) is 4.76. The van der Waals surface area contributed by atoms with Crippen LogP contribution in [0.25, 0.3) is 0 Å². The highest BCUT2D eigenvalue weighted by atomic mass is 15.2. The second-order valence-corrected chi connectivity index (χ2v) is 6.22. The molecule has 0 spiro atoms. The van der Waals surface area contributed by atoms with Crippen molar-refractivity contribution < 1.29 is 0 Å². The predicted octanol–water partition coefficient (Wildman–Crippen LogP) is 1.51. The summed E-state index contributed by atoms with van der Waals surface area (Å²) in [5.41, 5.74) is 5.65. The number of amidine groups is 1. The van der Waals surface area contributed by atoms with Crippen LogP contribution in [0.2, 0.25) is 0 Å². The molecule has 0 unspecified atom stereocenters. The second kappa shape index (κ2) is 6.02. The summed E-state index contributed by atoms with van der Waals surface area (Å²) < 4.78 is 0. The summed E-state index contributed by atoms with van der Waals surface area (Å²) in [5, 5.41) is 7.66. The van der Waals surface area contributed by atoms with E-state index in [1.807, 2.05) is 0 Å². The van der Waals surface area contributed by atoms with Gasteiger partial charge in [-0.3, -0.25) is 5.41 Å². The van der Waals surface area contributed by atoms with Crippen molar-refractivity contribution in [3.8, 4) is 0 Å². The van der Waals surface area contributed by atoms with Crippen molar-refractivity contribution in [3.05, 3.63) is 0 Å². The minimum absolute atomic E-state index is 0.0363. The summed E-state index contributed by atoms with van der Waals surface area (Å²) in [4.78, 5) is 5.13. The van der Waals surface area contributed by atoms with E-state index in [0.717, 1.165) is 25.9 Å². The van der Waals surface area contributed by atoms with Crippen molar-refractivity contribution in [1.29, 1.82) is 5.41 Å². The average molecular weight is 252 g/mol. The normalized spacial score (nSPS) is 25.4. The monoisotopic (exact) mass is 252 g/mol. The smallest absolute Gasteiger partial charge is 0.0966 e. The van der Waals surface area contributed by atoms with Crippen molar-refractivity contribution in [1.82, 2.24) is 9.80 Å². The van der Waals surface area contributed by atoms with Gasteiger partial charge in [-0.2, -0.15) is 0 Å². The van der Waals surface area contributed by atoms with E-state index in [-0.39, 0.29) is 5.41 Å². The van der Waals surface area contributed by atoms with E-state index in [2.05, 4.69) is 16.7 Å². The van der Waals surface area contributed by atoms with Gasteiger partial charge in [0.1, 0.15) is 0 Å². The van der Waals surface area contributed by atoms with Crippen LogP contribution >= 0.6 is 0 Å². The molecule has 0 aromatic rings. The first-order valence-corrected chi connectivity index (χ1v) is 7.39. The summed E-state index contributed by atoms with van der Waals surface area (Å²) in [5.74, 6) is 0.374. The molecule has 2 heterocycles. The first kappa shape index (κ1) is 13.8. The molecule has 4 nitrogen and oxygen atoms in total. The minimum Gasteiger partial charge on any atom is -0.387 e. The molecule has 0 amide bonds. The summed E-state index contributed by atoms with van der Waals surface area (Å²) >= 11 is 0. The lowest BCUT2D eigenvalue weighted by Crippen LogP contribution is -2.45. The molecule has 0 aromatic heterocycles. The third-order valence-electron chi connectivity index (χ3n) is 4.76. The maximum atomic E-state index is 7.66. The maximum absolute atomic E-state index is 7.66. The molecule has 2 aliphatic rings. The van der Waals surface area contributed by atoms with Crippen molar-refractivity contribution in [2.75, 3.05) is 39.3 Å². The van der Waals surface area contributed by atoms with Gasteiger partial charge in [-0.1, -0.05) is 6.92 Å². The van der Waals surface area contributed by atoms with Crippen molar-refractivity contribution in [3.63, 3.8) is 0 Å². The van der Waals surface area contributed by atoms with Crippen molar-refractivity contribution in [2.24, 2.45) is 11.1 Å². The van der Waals surface area contributed by atoms with Crippen molar-refractivity contribution >= 4 is 5.84 Å². The molecule has 4 heteroatoms. The van der Waals surface area contributed by atoms with E-state index in [4.69, 9.17) is 11.1 Å². The third kappa shape index (κ3) is 3.45. The topological polar surface area (TPSA) is 56.4 Å². The quantitative estimate of drug-likeness (QED) is 0.576. The van der Waals surface area contributed by atoms with Gasteiger partial charge < -0.3 is 15.5 Å². The highest BCUT2D eigenvalue weighted by Gasteiger charge is 2.32. The Hall–Kier alpha value is -0.610. The van der Waals surface area contributed by atoms with E-state index in [9.17, 15) is 0 Å². The lowest BCUT2D eigenvalue weighted by molar-refractivity contribution is 0.155. The van der Waals surface area contributed by atoms with Crippen molar-refractivity contribution in [2.45, 2.75) is 39.0 Å². The molecule has 2 saturated heterocycles. The zero-order chi connectivity index (χ0) is 13.0. The van der Waals surface area contributed by atoms with Gasteiger partial charge in [0.15, 0.2) is 0 Å². The van der Waals surface area contributed by atoms with Gasteiger partial charge in [-0.25, -0.2) is 0 Å². The SMILES string of the molecule is CC1(C(=N)N)CCN(CCCN2CCCC2)CC1. The van der Waals surface area contributed by atoms with Gasteiger partial charge in [0, 0.05) is 5.41 Å². The van der Waals surface area contributed by atoms with Gasteiger partial charge in [0.2, 0.25) is 0 Å². The molecule has 0 saturated carbocycles. The van der Waals surface area contributed by atoms with E-state index < -0.39 is 0 Å². The summed E-state index contributed by atoms with van der Waals surface area (Å²) in [6.45, 7) is 9.44. The number of hydrogen-bond acceptors (Lipinski definition) is 3. The molecule has 0 aliphatic carbocycles. The van der Waals surface area contributed by atoms with Gasteiger partial charge in [0.25, 0.3) is 0 Å². The van der Waals surface area contributed by atoms with Gasteiger partial charge in [0.05, 0.1) is 5.84 Å². The van der Waals surface area contributed by atoms with Crippen LogP contribution in [0.4, 0.5) is 0 Å². The fourth-order valence-electron chi connectivity index (χ4n) is 3.06. The summed E-state index contributed by atoms with van der Waals surface area (Å²) in [6, 6.07) is 0. The largest absolute Gasteiger partial charge is 0.387 e. The van der Waals surface area contributed by atoms with Crippen LogP contribution in [-0.4, -0.2) is 54.9 Å². The fourth-order valence-corrected chi connectivity index (χ4v) is 3.06. The van der Waals surface area contributed by atoms with Crippen LogP contribution < -0.4 is 5.73 Å². The van der Waals surface area contributed by atoms with Crippen LogP contribution in [0, 0.1) is 10.8 Å². The van der Waals surface area contributed by atoms with E-state index in [0.29, 0.717) is 5.84 Å². The fraction of sp³-hybridized carbons (Fsp3) is 0.929. The molecule has 0 aromatic carbocycles. The van der Waals surface area contributed by atoms with Gasteiger partial charge >= 0.3 is 0 Å². The Morgan fingerprint density at radius 3 is 2.06 bits per heavy atom. The summed E-state index contributed by atoms with van der Waals surface area (Å²) in [7, 11) is 0. The molecule has 2 aliphatic heterocycles. The van der Waals surface area contributed by atoms with E-state index >= 15 is 0 Å². The van der Waals surface area contributed by atoms with Crippen LogP contribution in [-0.2, 0) is 0 Å². The lowest BCUT2D eigenvalue weighted by Gasteiger charge is -2.38. The van der Waals surface area contributed by atoms with Crippen LogP contribution in [0.15, 0.2) is 0 Å². The highest BCUT2D eigenvalue weighted by Crippen LogP contribution is 2.30. The Labute approximate surface area is 111 Å². The molecule has 2 fully saturated rings. The number of nitrogens with two attached hydrogens (primary N) is 1. The van der Waals surface area contributed by atoms with Gasteiger partial charge in [-0.15, -0.1) is 0 Å². The summed E-state index contributed by atoms with van der Waals surface area (Å²) in [6.07, 6.45) is 6.16. The number of nitrogens with one attached hydrogen (secondary N) is 1. The molecule has 3 N–H and O–H groups in total. The molecule has 0 atom stereocenters. The first-order valence-electron chi connectivity index (χ1n) is 7.39. The Balaban J connectivity index is 1.63. The lowest BCUT2D eigenvalue weighted by atomic mass is 9.79.